The van der Waals surface area contributed by atoms with Gasteiger partial charge in [0, 0.05) is 18.6 Å². The number of carbonyl (C=O) groups is 1. The highest BCUT2D eigenvalue weighted by molar-refractivity contribution is 9.10. The molecule has 0 saturated carbocycles. The monoisotopic (exact) mass is 300 g/mol. The number of furan rings is 1. The van der Waals surface area contributed by atoms with Gasteiger partial charge in [-0.25, -0.2) is 0 Å². The molecule has 17 heavy (non-hydrogen) atoms. The second-order valence-electron chi connectivity index (χ2n) is 4.52. The molecule has 0 radical (unpaired) electrons. The Kier molecular flexibility index (Phi) is 3.89. The largest absolute Gasteiger partial charge is 0.458 e. The van der Waals surface area contributed by atoms with Crippen molar-refractivity contribution in [2.75, 3.05) is 6.54 Å². The van der Waals surface area contributed by atoms with Crippen molar-refractivity contribution in [1.82, 2.24) is 4.90 Å². The maximum atomic E-state index is 12.3. The van der Waals surface area contributed by atoms with E-state index in [1.165, 1.54) is 6.26 Å². The SMILES string of the molecule is CC(N)C1CCCCN1C(=O)c1occc1Br. The van der Waals surface area contributed by atoms with Crippen LogP contribution in [0.4, 0.5) is 0 Å². The van der Waals surface area contributed by atoms with E-state index in [-0.39, 0.29) is 18.0 Å². The minimum Gasteiger partial charge on any atom is -0.458 e. The second-order valence-corrected chi connectivity index (χ2v) is 5.37. The fraction of sp³-hybridized carbons (Fsp3) is 0.583. The molecule has 4 nitrogen and oxygen atoms in total. The smallest absolute Gasteiger partial charge is 0.291 e. The number of hydrogen-bond acceptors (Lipinski definition) is 3. The molecule has 1 aromatic rings. The van der Waals surface area contributed by atoms with E-state index in [0.717, 1.165) is 25.8 Å². The summed E-state index contributed by atoms with van der Waals surface area (Å²) >= 11 is 3.32. The van der Waals surface area contributed by atoms with Gasteiger partial charge in [0.15, 0.2) is 0 Å². The predicted octanol–water partition coefficient (Wildman–Crippen LogP) is 2.38. The molecule has 2 unspecified atom stereocenters. The molecular weight excluding hydrogens is 284 g/mol. The lowest BCUT2D eigenvalue weighted by molar-refractivity contribution is 0.0550. The Labute approximate surface area is 109 Å². The summed E-state index contributed by atoms with van der Waals surface area (Å²) in [6.45, 7) is 2.71. The Hall–Kier alpha value is -0.810. The zero-order valence-corrected chi connectivity index (χ0v) is 11.4. The van der Waals surface area contributed by atoms with Gasteiger partial charge in [-0.15, -0.1) is 0 Å². The van der Waals surface area contributed by atoms with E-state index in [0.29, 0.717) is 10.2 Å². The van der Waals surface area contributed by atoms with Crippen molar-refractivity contribution in [2.24, 2.45) is 5.73 Å². The van der Waals surface area contributed by atoms with Crippen molar-refractivity contribution in [1.29, 1.82) is 0 Å². The molecule has 1 saturated heterocycles. The first-order valence-electron chi connectivity index (χ1n) is 5.91. The summed E-state index contributed by atoms with van der Waals surface area (Å²) in [7, 11) is 0. The Morgan fingerprint density at radius 1 is 1.65 bits per heavy atom. The summed E-state index contributed by atoms with van der Waals surface area (Å²) in [5.74, 6) is 0.307. The van der Waals surface area contributed by atoms with Gasteiger partial charge in [0.25, 0.3) is 5.91 Å². The fourth-order valence-electron chi connectivity index (χ4n) is 2.33. The average molecular weight is 301 g/mol. The highest BCUT2D eigenvalue weighted by Crippen LogP contribution is 2.25. The average Bonchev–Trinajstić information content (AvgIpc) is 2.74. The zero-order chi connectivity index (χ0) is 12.4. The lowest BCUT2D eigenvalue weighted by Gasteiger charge is -2.37. The molecule has 2 atom stereocenters. The first kappa shape index (κ1) is 12.6. The van der Waals surface area contributed by atoms with Crippen LogP contribution in [0.25, 0.3) is 0 Å². The highest BCUT2D eigenvalue weighted by atomic mass is 79.9. The number of amides is 1. The molecule has 2 heterocycles. The zero-order valence-electron chi connectivity index (χ0n) is 9.86. The van der Waals surface area contributed by atoms with Gasteiger partial charge in [-0.05, 0) is 48.2 Å². The van der Waals surface area contributed by atoms with Gasteiger partial charge < -0.3 is 15.1 Å². The van der Waals surface area contributed by atoms with Gasteiger partial charge in [0.2, 0.25) is 5.76 Å². The normalized spacial score (nSPS) is 22.5. The standard InChI is InChI=1S/C12H17BrN2O2/c1-8(14)10-4-2-3-6-15(10)12(16)11-9(13)5-7-17-11/h5,7-8,10H,2-4,6,14H2,1H3. The van der Waals surface area contributed by atoms with Crippen molar-refractivity contribution in [3.05, 3.63) is 22.6 Å². The summed E-state index contributed by atoms with van der Waals surface area (Å²) in [4.78, 5) is 14.2. The lowest BCUT2D eigenvalue weighted by atomic mass is 9.96. The van der Waals surface area contributed by atoms with Gasteiger partial charge in [-0.2, -0.15) is 0 Å². The molecule has 1 aliphatic rings. The summed E-state index contributed by atoms with van der Waals surface area (Å²) in [6, 6.07) is 1.85. The van der Waals surface area contributed by atoms with E-state index in [4.69, 9.17) is 10.2 Å². The van der Waals surface area contributed by atoms with Crippen LogP contribution in [-0.2, 0) is 0 Å². The van der Waals surface area contributed by atoms with Gasteiger partial charge in [0.05, 0.1) is 10.7 Å². The van der Waals surface area contributed by atoms with Crippen LogP contribution in [0.1, 0.15) is 36.7 Å². The molecule has 0 aromatic carbocycles. The Morgan fingerprint density at radius 2 is 2.41 bits per heavy atom. The van der Waals surface area contributed by atoms with Crippen molar-refractivity contribution >= 4 is 21.8 Å². The number of nitrogens with two attached hydrogens (primary N) is 1. The third-order valence-corrected chi connectivity index (χ3v) is 3.85. The molecule has 2 rings (SSSR count). The van der Waals surface area contributed by atoms with E-state index in [2.05, 4.69) is 15.9 Å². The van der Waals surface area contributed by atoms with E-state index in [9.17, 15) is 4.79 Å². The Balaban J connectivity index is 2.20. The summed E-state index contributed by atoms with van der Waals surface area (Å²) < 4.78 is 5.93. The van der Waals surface area contributed by atoms with E-state index in [1.807, 2.05) is 11.8 Å². The molecule has 1 fully saturated rings. The van der Waals surface area contributed by atoms with Crippen LogP contribution in [0.5, 0.6) is 0 Å². The third kappa shape index (κ3) is 2.55. The number of nitrogens with zero attached hydrogens (tertiary/aromatic N) is 1. The molecule has 1 aliphatic heterocycles. The van der Waals surface area contributed by atoms with Crippen LogP contribution >= 0.6 is 15.9 Å². The van der Waals surface area contributed by atoms with Crippen molar-refractivity contribution < 1.29 is 9.21 Å². The molecule has 0 bridgehead atoms. The maximum absolute atomic E-state index is 12.3. The van der Waals surface area contributed by atoms with Crippen LogP contribution in [0.3, 0.4) is 0 Å². The van der Waals surface area contributed by atoms with E-state index in [1.54, 1.807) is 6.07 Å². The maximum Gasteiger partial charge on any atom is 0.291 e. The summed E-state index contributed by atoms with van der Waals surface area (Å²) in [5, 5.41) is 0. The number of likely N-dealkylation sites (tertiary alicyclic amines) is 1. The molecule has 0 spiro atoms. The van der Waals surface area contributed by atoms with Crippen LogP contribution in [0.2, 0.25) is 0 Å². The first-order valence-corrected chi connectivity index (χ1v) is 6.70. The number of rotatable bonds is 2. The van der Waals surface area contributed by atoms with Gasteiger partial charge in [-0.3, -0.25) is 4.79 Å². The first-order chi connectivity index (χ1) is 8.11. The molecule has 1 amide bonds. The number of piperidine rings is 1. The van der Waals surface area contributed by atoms with E-state index < -0.39 is 0 Å². The second kappa shape index (κ2) is 5.23. The fourth-order valence-corrected chi connectivity index (χ4v) is 2.70. The van der Waals surface area contributed by atoms with Crippen LogP contribution in [-0.4, -0.2) is 29.4 Å². The topological polar surface area (TPSA) is 59.5 Å². The summed E-state index contributed by atoms with van der Waals surface area (Å²) in [5.41, 5.74) is 5.95. The van der Waals surface area contributed by atoms with Crippen LogP contribution in [0, 0.1) is 0 Å². The lowest BCUT2D eigenvalue weighted by Crippen LogP contribution is -2.51. The third-order valence-electron chi connectivity index (χ3n) is 3.23. The van der Waals surface area contributed by atoms with Crippen molar-refractivity contribution in [3.8, 4) is 0 Å². The van der Waals surface area contributed by atoms with Gasteiger partial charge in [0.1, 0.15) is 0 Å². The molecule has 1 aromatic heterocycles. The predicted molar refractivity (Wildman–Crippen MR) is 68.7 cm³/mol. The van der Waals surface area contributed by atoms with E-state index >= 15 is 0 Å². The minimum atomic E-state index is -0.0659. The number of carbonyl (C=O) groups excluding carboxylic acids is 1. The number of hydrogen-bond donors (Lipinski definition) is 1. The summed E-state index contributed by atoms with van der Waals surface area (Å²) in [6.07, 6.45) is 4.66. The molecular formula is C12H17BrN2O2. The van der Waals surface area contributed by atoms with Crippen LogP contribution < -0.4 is 5.73 Å². The Morgan fingerprint density at radius 3 is 3.00 bits per heavy atom. The Bertz CT molecular complexity index is 403. The minimum absolute atomic E-state index is 0.00649. The van der Waals surface area contributed by atoms with Crippen molar-refractivity contribution in [3.63, 3.8) is 0 Å². The number of halogens is 1. The molecule has 0 aliphatic carbocycles. The molecule has 5 heteroatoms. The quantitative estimate of drug-likeness (QED) is 0.912. The van der Waals surface area contributed by atoms with Gasteiger partial charge >= 0.3 is 0 Å². The molecule has 94 valence electrons. The molecule has 2 N–H and O–H groups in total. The highest BCUT2D eigenvalue weighted by Gasteiger charge is 2.31. The van der Waals surface area contributed by atoms with Gasteiger partial charge in [-0.1, -0.05) is 0 Å². The van der Waals surface area contributed by atoms with Crippen molar-refractivity contribution in [2.45, 2.75) is 38.3 Å². The van der Waals surface area contributed by atoms with Crippen LogP contribution in [0.15, 0.2) is 21.2 Å².